The van der Waals surface area contributed by atoms with Crippen LogP contribution in [-0.4, -0.2) is 24.1 Å². The average molecular weight is 131 g/mol. The van der Waals surface area contributed by atoms with E-state index in [-0.39, 0.29) is 0 Å². The third-order valence-electron chi connectivity index (χ3n) is 1.42. The second-order valence-electron chi connectivity index (χ2n) is 2.12. The highest BCUT2D eigenvalue weighted by molar-refractivity contribution is 7.99. The van der Waals surface area contributed by atoms with Crippen LogP contribution in [0.5, 0.6) is 0 Å². The number of thioether (sulfide) groups is 1. The molecule has 8 heavy (non-hydrogen) atoms. The lowest BCUT2D eigenvalue weighted by molar-refractivity contribution is 0.578. The van der Waals surface area contributed by atoms with Gasteiger partial charge in [0, 0.05) is 11.8 Å². The molecule has 0 saturated carbocycles. The quantitative estimate of drug-likeness (QED) is 0.602. The second kappa shape index (κ2) is 3.36. The molecule has 2 heteroatoms. The topological polar surface area (TPSA) is 12.0 Å². The molecule has 0 unspecified atom stereocenters. The molecule has 1 nitrogen and oxygen atoms in total. The number of rotatable bonds is 2. The predicted octanol–water partition coefficient (Wildman–Crippen LogP) is 1.10. The molecule has 0 amide bonds. The Morgan fingerprint density at radius 1 is 1.75 bits per heavy atom. The van der Waals surface area contributed by atoms with Crippen LogP contribution in [0.15, 0.2) is 0 Å². The Hall–Kier alpha value is 0.310. The second-order valence-corrected chi connectivity index (χ2v) is 3.27. The fourth-order valence-corrected chi connectivity index (χ4v) is 2.17. The maximum atomic E-state index is 3.42. The Morgan fingerprint density at radius 3 is 3.12 bits per heavy atom. The normalized spacial score (nSPS) is 28.9. The van der Waals surface area contributed by atoms with Crippen LogP contribution in [0.3, 0.4) is 0 Å². The maximum absolute atomic E-state index is 3.42. The SMILES string of the molecule is CCN[C@@H]1CCSC1. The van der Waals surface area contributed by atoms with Gasteiger partial charge in [0.05, 0.1) is 0 Å². The largest absolute Gasteiger partial charge is 0.313 e. The van der Waals surface area contributed by atoms with Crippen molar-refractivity contribution >= 4 is 11.8 Å². The highest BCUT2D eigenvalue weighted by atomic mass is 32.2. The van der Waals surface area contributed by atoms with Gasteiger partial charge in [0.25, 0.3) is 0 Å². The molecule has 1 rings (SSSR count). The minimum absolute atomic E-state index is 0.824. The van der Waals surface area contributed by atoms with Crippen molar-refractivity contribution in [1.29, 1.82) is 0 Å². The van der Waals surface area contributed by atoms with Crippen LogP contribution >= 0.6 is 11.8 Å². The zero-order valence-corrected chi connectivity index (χ0v) is 6.13. The van der Waals surface area contributed by atoms with E-state index in [2.05, 4.69) is 24.0 Å². The van der Waals surface area contributed by atoms with E-state index in [1.54, 1.807) is 0 Å². The number of nitrogens with one attached hydrogen (secondary N) is 1. The van der Waals surface area contributed by atoms with Gasteiger partial charge in [0.15, 0.2) is 0 Å². The minimum atomic E-state index is 0.824. The van der Waals surface area contributed by atoms with Crippen molar-refractivity contribution in [3.05, 3.63) is 0 Å². The highest BCUT2D eigenvalue weighted by Gasteiger charge is 2.12. The Kier molecular flexibility index (Phi) is 2.70. The Labute approximate surface area is 55.2 Å². The van der Waals surface area contributed by atoms with Gasteiger partial charge < -0.3 is 5.32 Å². The molecule has 0 aromatic heterocycles. The van der Waals surface area contributed by atoms with Crippen LogP contribution in [-0.2, 0) is 0 Å². The van der Waals surface area contributed by atoms with Crippen molar-refractivity contribution in [3.63, 3.8) is 0 Å². The van der Waals surface area contributed by atoms with Crippen LogP contribution in [0, 0.1) is 0 Å². The molecule has 0 spiro atoms. The lowest BCUT2D eigenvalue weighted by Gasteiger charge is -2.06. The number of hydrogen-bond donors (Lipinski definition) is 1. The fraction of sp³-hybridized carbons (Fsp3) is 1.00. The molecule has 0 radical (unpaired) electrons. The van der Waals surface area contributed by atoms with Crippen LogP contribution in [0.1, 0.15) is 13.3 Å². The summed E-state index contributed by atoms with van der Waals surface area (Å²) in [5.41, 5.74) is 0. The first-order chi connectivity index (χ1) is 3.93. The summed E-state index contributed by atoms with van der Waals surface area (Å²) in [4.78, 5) is 0. The summed E-state index contributed by atoms with van der Waals surface area (Å²) >= 11 is 2.06. The van der Waals surface area contributed by atoms with E-state index < -0.39 is 0 Å². The van der Waals surface area contributed by atoms with Gasteiger partial charge in [-0.1, -0.05) is 6.92 Å². The third kappa shape index (κ3) is 1.67. The van der Waals surface area contributed by atoms with E-state index >= 15 is 0 Å². The Morgan fingerprint density at radius 2 is 2.62 bits per heavy atom. The van der Waals surface area contributed by atoms with Crippen molar-refractivity contribution in [3.8, 4) is 0 Å². The van der Waals surface area contributed by atoms with Crippen molar-refractivity contribution < 1.29 is 0 Å². The summed E-state index contributed by atoms with van der Waals surface area (Å²) in [5.74, 6) is 2.69. The van der Waals surface area contributed by atoms with Gasteiger partial charge in [-0.3, -0.25) is 0 Å². The summed E-state index contributed by atoms with van der Waals surface area (Å²) in [7, 11) is 0. The minimum Gasteiger partial charge on any atom is -0.313 e. The molecule has 1 saturated heterocycles. The van der Waals surface area contributed by atoms with Crippen LogP contribution < -0.4 is 5.32 Å². The van der Waals surface area contributed by atoms with Gasteiger partial charge in [0.2, 0.25) is 0 Å². The standard InChI is InChI=1S/C6H13NS/c1-2-7-6-3-4-8-5-6/h6-7H,2-5H2,1H3/t6-/m1/s1. The summed E-state index contributed by atoms with van der Waals surface area (Å²) in [6.45, 7) is 3.30. The van der Waals surface area contributed by atoms with E-state index in [0.29, 0.717) is 0 Å². The first-order valence-electron chi connectivity index (χ1n) is 3.24. The molecule has 0 aromatic carbocycles. The number of hydrogen-bond acceptors (Lipinski definition) is 2. The molecule has 0 bridgehead atoms. The molecule has 0 aliphatic carbocycles. The lowest BCUT2D eigenvalue weighted by atomic mass is 10.3. The average Bonchev–Trinajstić information content (AvgIpc) is 2.19. The molecule has 48 valence electrons. The Balaban J connectivity index is 2.06. The van der Waals surface area contributed by atoms with Crippen molar-refractivity contribution in [2.24, 2.45) is 0 Å². The first-order valence-corrected chi connectivity index (χ1v) is 4.40. The lowest BCUT2D eigenvalue weighted by Crippen LogP contribution is -2.27. The molecule has 1 aliphatic heterocycles. The van der Waals surface area contributed by atoms with Gasteiger partial charge in [-0.15, -0.1) is 0 Å². The summed E-state index contributed by atoms with van der Waals surface area (Å²) in [6, 6.07) is 0.824. The molecular weight excluding hydrogens is 118 g/mol. The van der Waals surface area contributed by atoms with Gasteiger partial charge in [-0.2, -0.15) is 11.8 Å². The van der Waals surface area contributed by atoms with Crippen molar-refractivity contribution in [2.75, 3.05) is 18.1 Å². The van der Waals surface area contributed by atoms with Gasteiger partial charge in [-0.05, 0) is 18.7 Å². The maximum Gasteiger partial charge on any atom is 0.0165 e. The van der Waals surface area contributed by atoms with Crippen LogP contribution in [0.2, 0.25) is 0 Å². The van der Waals surface area contributed by atoms with E-state index in [1.165, 1.54) is 17.9 Å². The Bertz CT molecular complexity index is 59.5. The van der Waals surface area contributed by atoms with Crippen molar-refractivity contribution in [1.82, 2.24) is 5.32 Å². The molecule has 1 aliphatic rings. The van der Waals surface area contributed by atoms with E-state index in [4.69, 9.17) is 0 Å². The zero-order chi connectivity index (χ0) is 5.82. The molecule has 1 atom stereocenters. The summed E-state index contributed by atoms with van der Waals surface area (Å²) in [6.07, 6.45) is 1.37. The molecule has 1 N–H and O–H groups in total. The summed E-state index contributed by atoms with van der Waals surface area (Å²) < 4.78 is 0. The van der Waals surface area contributed by atoms with E-state index in [1.807, 2.05) is 0 Å². The van der Waals surface area contributed by atoms with Gasteiger partial charge in [0.1, 0.15) is 0 Å². The monoisotopic (exact) mass is 131 g/mol. The zero-order valence-electron chi connectivity index (χ0n) is 5.31. The van der Waals surface area contributed by atoms with Gasteiger partial charge >= 0.3 is 0 Å². The predicted molar refractivity (Wildman–Crippen MR) is 39.4 cm³/mol. The summed E-state index contributed by atoms with van der Waals surface area (Å²) in [5, 5.41) is 3.42. The first kappa shape index (κ1) is 6.43. The molecular formula is C6H13NS. The van der Waals surface area contributed by atoms with Crippen molar-refractivity contribution in [2.45, 2.75) is 19.4 Å². The molecule has 1 heterocycles. The highest BCUT2D eigenvalue weighted by Crippen LogP contribution is 2.16. The fourth-order valence-electron chi connectivity index (χ4n) is 0.984. The third-order valence-corrected chi connectivity index (χ3v) is 2.58. The molecule has 1 fully saturated rings. The van der Waals surface area contributed by atoms with E-state index in [9.17, 15) is 0 Å². The smallest absolute Gasteiger partial charge is 0.0165 e. The van der Waals surface area contributed by atoms with E-state index in [0.717, 1.165) is 12.6 Å². The van der Waals surface area contributed by atoms with Crippen LogP contribution in [0.25, 0.3) is 0 Å². The van der Waals surface area contributed by atoms with Crippen LogP contribution in [0.4, 0.5) is 0 Å². The molecule has 0 aromatic rings. The van der Waals surface area contributed by atoms with Gasteiger partial charge in [-0.25, -0.2) is 0 Å².